The fraction of sp³-hybridized carbons (Fsp3) is 0.129. The van der Waals surface area contributed by atoms with E-state index in [2.05, 4.69) is 12.6 Å². The highest BCUT2D eigenvalue weighted by atomic mass is 32.2. The van der Waals surface area contributed by atoms with Crippen LogP contribution in [0.25, 0.3) is 23.0 Å². The topological polar surface area (TPSA) is 47.4 Å². The number of rotatable bonds is 8. The molecule has 0 radical (unpaired) electrons. The molecule has 2 heterocycles. The lowest BCUT2D eigenvalue weighted by molar-refractivity contribution is -0.123. The predicted octanol–water partition coefficient (Wildman–Crippen LogP) is 7.37. The maximum absolute atomic E-state index is 13.6. The standard InChI is InChI=1S/C31H27N3O2S2/c1-4-17-36-27-16-15-24(18-21(27)2)29-25(20-33(32-29)26-13-9-6-10-14-26)19-28-30(35)34(31(37)38-28)22(3)23-11-7-5-8-12-23/h4-16,18-20,22H,1,17H2,2-3H3/b28-19+/t22-/m0/s1. The maximum Gasteiger partial charge on any atom is 0.266 e. The molecule has 5 rings (SSSR count). The smallest absolute Gasteiger partial charge is 0.266 e. The van der Waals surface area contributed by atoms with Crippen molar-refractivity contribution in [1.82, 2.24) is 14.7 Å². The molecule has 1 aliphatic heterocycles. The molecule has 1 aliphatic rings. The summed E-state index contributed by atoms with van der Waals surface area (Å²) in [6.45, 7) is 8.17. The van der Waals surface area contributed by atoms with E-state index in [0.717, 1.165) is 39.4 Å². The van der Waals surface area contributed by atoms with Gasteiger partial charge in [-0.05, 0) is 61.4 Å². The lowest BCUT2D eigenvalue weighted by Crippen LogP contribution is -2.30. The molecule has 190 valence electrons. The van der Waals surface area contributed by atoms with Gasteiger partial charge >= 0.3 is 0 Å². The van der Waals surface area contributed by atoms with Crippen LogP contribution in [0.2, 0.25) is 0 Å². The summed E-state index contributed by atoms with van der Waals surface area (Å²) in [5.74, 6) is 0.701. The summed E-state index contributed by atoms with van der Waals surface area (Å²) in [7, 11) is 0. The SMILES string of the molecule is C=CCOc1ccc(-c2nn(-c3ccccc3)cc2/C=C2/SC(=S)N([C@@H](C)c3ccccc3)C2=O)cc1C. The molecule has 1 amide bonds. The van der Waals surface area contributed by atoms with Crippen molar-refractivity contribution in [3.8, 4) is 22.7 Å². The average molecular weight is 538 g/mol. The summed E-state index contributed by atoms with van der Waals surface area (Å²) in [6.07, 6.45) is 5.58. The van der Waals surface area contributed by atoms with Crippen molar-refractivity contribution >= 4 is 40.3 Å². The quantitative estimate of drug-likeness (QED) is 0.133. The fourth-order valence-electron chi connectivity index (χ4n) is 4.37. The first-order chi connectivity index (χ1) is 18.5. The van der Waals surface area contributed by atoms with Gasteiger partial charge in [0, 0.05) is 17.3 Å². The van der Waals surface area contributed by atoms with E-state index in [4.69, 9.17) is 22.1 Å². The summed E-state index contributed by atoms with van der Waals surface area (Å²) in [6, 6.07) is 25.7. The molecule has 1 aromatic heterocycles. The molecule has 1 fully saturated rings. The summed E-state index contributed by atoms with van der Waals surface area (Å²) in [5.41, 5.74) is 5.50. The van der Waals surface area contributed by atoms with Crippen molar-refractivity contribution in [1.29, 1.82) is 0 Å². The molecule has 3 aromatic carbocycles. The Morgan fingerprint density at radius 2 is 1.79 bits per heavy atom. The Morgan fingerprint density at radius 3 is 2.47 bits per heavy atom. The monoisotopic (exact) mass is 537 g/mol. The van der Waals surface area contributed by atoms with E-state index in [-0.39, 0.29) is 11.9 Å². The second-order valence-corrected chi connectivity index (χ2v) is 10.6. The lowest BCUT2D eigenvalue weighted by atomic mass is 10.0. The van der Waals surface area contributed by atoms with Crippen molar-refractivity contribution in [2.45, 2.75) is 19.9 Å². The van der Waals surface area contributed by atoms with E-state index in [1.165, 1.54) is 11.8 Å². The van der Waals surface area contributed by atoms with E-state index in [0.29, 0.717) is 15.8 Å². The highest BCUT2D eigenvalue weighted by Gasteiger charge is 2.36. The van der Waals surface area contributed by atoms with Crippen LogP contribution < -0.4 is 4.74 Å². The van der Waals surface area contributed by atoms with Gasteiger partial charge in [-0.3, -0.25) is 9.69 Å². The number of thiocarbonyl (C=S) groups is 1. The molecule has 1 atom stereocenters. The Balaban J connectivity index is 1.54. The first-order valence-corrected chi connectivity index (χ1v) is 13.5. The predicted molar refractivity (Wildman–Crippen MR) is 159 cm³/mol. The average Bonchev–Trinajstić information content (AvgIpc) is 3.48. The van der Waals surface area contributed by atoms with Crippen LogP contribution in [0, 0.1) is 6.92 Å². The van der Waals surface area contributed by atoms with Gasteiger partial charge in [0.25, 0.3) is 5.91 Å². The second kappa shape index (κ2) is 11.2. The molecule has 1 saturated heterocycles. The van der Waals surface area contributed by atoms with Crippen molar-refractivity contribution in [3.63, 3.8) is 0 Å². The Hall–Kier alpha value is -3.94. The Kier molecular flexibility index (Phi) is 7.58. The lowest BCUT2D eigenvalue weighted by Gasteiger charge is -2.23. The molecule has 5 nitrogen and oxygen atoms in total. The molecule has 0 saturated carbocycles. The summed E-state index contributed by atoms with van der Waals surface area (Å²) < 4.78 is 8.15. The van der Waals surface area contributed by atoms with Gasteiger partial charge in [-0.1, -0.05) is 85.2 Å². The van der Waals surface area contributed by atoms with Crippen molar-refractivity contribution in [2.75, 3.05) is 6.61 Å². The van der Waals surface area contributed by atoms with E-state index in [1.807, 2.05) is 104 Å². The number of aromatic nitrogens is 2. The highest BCUT2D eigenvalue weighted by molar-refractivity contribution is 8.26. The number of benzene rings is 3. The number of carbonyl (C=O) groups excluding carboxylic acids is 1. The van der Waals surface area contributed by atoms with Gasteiger partial charge < -0.3 is 4.74 Å². The number of amides is 1. The molecule has 0 unspecified atom stereocenters. The summed E-state index contributed by atoms with van der Waals surface area (Å²) >= 11 is 6.97. The zero-order valence-corrected chi connectivity index (χ0v) is 22.8. The first kappa shape index (κ1) is 25.7. The number of aryl methyl sites for hydroxylation is 1. The Bertz CT molecular complexity index is 1530. The fourth-order valence-corrected chi connectivity index (χ4v) is 5.78. The molecule has 0 N–H and O–H groups in total. The summed E-state index contributed by atoms with van der Waals surface area (Å²) in [5, 5.41) is 4.92. The number of para-hydroxylation sites is 1. The van der Waals surface area contributed by atoms with Gasteiger partial charge in [-0.25, -0.2) is 4.68 Å². The van der Waals surface area contributed by atoms with E-state index in [9.17, 15) is 4.79 Å². The van der Waals surface area contributed by atoms with Gasteiger partial charge in [-0.2, -0.15) is 5.10 Å². The number of hydrogen-bond donors (Lipinski definition) is 0. The molecule has 4 aromatic rings. The largest absolute Gasteiger partial charge is 0.489 e. The van der Waals surface area contributed by atoms with Crippen LogP contribution in [0.4, 0.5) is 0 Å². The zero-order valence-electron chi connectivity index (χ0n) is 21.2. The molecule has 38 heavy (non-hydrogen) atoms. The van der Waals surface area contributed by atoms with Gasteiger partial charge in [0.05, 0.1) is 16.6 Å². The first-order valence-electron chi connectivity index (χ1n) is 12.3. The Morgan fingerprint density at radius 1 is 1.08 bits per heavy atom. The number of thioether (sulfide) groups is 1. The third kappa shape index (κ3) is 5.21. The van der Waals surface area contributed by atoms with Crippen LogP contribution in [0.5, 0.6) is 5.75 Å². The molecule has 7 heteroatoms. The van der Waals surface area contributed by atoms with Crippen LogP contribution in [-0.2, 0) is 4.79 Å². The maximum atomic E-state index is 13.6. The number of carbonyl (C=O) groups is 1. The molecule has 0 bridgehead atoms. The molecular weight excluding hydrogens is 510 g/mol. The minimum atomic E-state index is -0.160. The summed E-state index contributed by atoms with van der Waals surface area (Å²) in [4.78, 5) is 15.8. The zero-order chi connectivity index (χ0) is 26.6. The van der Waals surface area contributed by atoms with Crippen molar-refractivity contribution in [3.05, 3.63) is 119 Å². The third-order valence-corrected chi connectivity index (χ3v) is 7.68. The molecule has 0 spiro atoms. The van der Waals surface area contributed by atoms with Gasteiger partial charge in [0.2, 0.25) is 0 Å². The third-order valence-electron chi connectivity index (χ3n) is 6.35. The Labute approximate surface area is 232 Å². The normalized spacial score (nSPS) is 15.2. The van der Waals surface area contributed by atoms with Crippen LogP contribution >= 0.6 is 24.0 Å². The highest BCUT2D eigenvalue weighted by Crippen LogP contribution is 2.39. The number of ether oxygens (including phenoxy) is 1. The van der Waals surface area contributed by atoms with Gasteiger partial charge in [0.15, 0.2) is 0 Å². The second-order valence-electron chi connectivity index (χ2n) is 8.93. The van der Waals surface area contributed by atoms with Crippen LogP contribution in [-0.4, -0.2) is 31.5 Å². The van der Waals surface area contributed by atoms with Gasteiger partial charge in [0.1, 0.15) is 22.4 Å². The van der Waals surface area contributed by atoms with Crippen LogP contribution in [0.15, 0.2) is 103 Å². The van der Waals surface area contributed by atoms with E-state index < -0.39 is 0 Å². The number of nitrogens with zero attached hydrogens (tertiary/aromatic N) is 3. The van der Waals surface area contributed by atoms with E-state index >= 15 is 0 Å². The van der Waals surface area contributed by atoms with Crippen molar-refractivity contribution in [2.24, 2.45) is 0 Å². The molecule has 0 aliphatic carbocycles. The minimum Gasteiger partial charge on any atom is -0.489 e. The van der Waals surface area contributed by atoms with Crippen LogP contribution in [0.3, 0.4) is 0 Å². The van der Waals surface area contributed by atoms with Crippen molar-refractivity contribution < 1.29 is 9.53 Å². The number of hydrogen-bond acceptors (Lipinski definition) is 5. The van der Waals surface area contributed by atoms with E-state index in [1.54, 1.807) is 11.0 Å². The molecular formula is C31H27N3O2S2. The van der Waals surface area contributed by atoms with Crippen LogP contribution in [0.1, 0.15) is 29.7 Å². The van der Waals surface area contributed by atoms with Gasteiger partial charge in [-0.15, -0.1) is 0 Å². The minimum absolute atomic E-state index is 0.0980.